The number of hydroxylamine groups is 1. The van der Waals surface area contributed by atoms with E-state index in [0.717, 1.165) is 24.9 Å². The fourth-order valence-corrected chi connectivity index (χ4v) is 6.43. The van der Waals surface area contributed by atoms with Crippen LogP contribution in [0.25, 0.3) is 0 Å². The zero-order valence-corrected chi connectivity index (χ0v) is 20.2. The number of nitrogens with two attached hydrogens (primary N) is 1. The van der Waals surface area contributed by atoms with E-state index in [1.165, 1.54) is 38.1 Å². The fourth-order valence-electron chi connectivity index (χ4n) is 3.16. The molecule has 1 amide bonds. The van der Waals surface area contributed by atoms with E-state index in [2.05, 4.69) is 16.7 Å². The number of thioether (sulfide) groups is 1. The van der Waals surface area contributed by atoms with Crippen molar-refractivity contribution in [3.8, 4) is 17.6 Å². The maximum absolute atomic E-state index is 13.5. The van der Waals surface area contributed by atoms with Crippen molar-refractivity contribution in [1.82, 2.24) is 10.4 Å². The van der Waals surface area contributed by atoms with Crippen LogP contribution in [0.15, 0.2) is 29.2 Å². The Kier molecular flexibility index (Phi) is 9.39. The van der Waals surface area contributed by atoms with Gasteiger partial charge in [-0.25, -0.2) is 13.9 Å². The maximum Gasteiger partial charge on any atom is 0.275 e. The molecule has 0 spiro atoms. The molecule has 0 aliphatic carbocycles. The Bertz CT molecular complexity index is 935. The zero-order valence-electron chi connectivity index (χ0n) is 18.6. The number of hydrogen-bond acceptors (Lipinski definition) is 9. The van der Waals surface area contributed by atoms with Gasteiger partial charge in [0.25, 0.3) is 5.91 Å². The van der Waals surface area contributed by atoms with Gasteiger partial charge in [0, 0.05) is 25.4 Å². The summed E-state index contributed by atoms with van der Waals surface area (Å²) in [5.41, 5.74) is 7.95. The highest BCUT2D eigenvalue weighted by Gasteiger charge is 2.57. The molecule has 1 aliphatic rings. The Labute approximate surface area is 193 Å². The predicted molar refractivity (Wildman–Crippen MR) is 123 cm³/mol. The molecule has 1 aromatic rings. The van der Waals surface area contributed by atoms with Crippen molar-refractivity contribution in [3.05, 3.63) is 24.3 Å². The third-order valence-electron chi connectivity index (χ3n) is 5.47. The lowest BCUT2D eigenvalue weighted by molar-refractivity contribution is -0.132. The van der Waals surface area contributed by atoms with Crippen molar-refractivity contribution in [2.24, 2.45) is 5.73 Å². The van der Waals surface area contributed by atoms with Gasteiger partial charge in [-0.3, -0.25) is 14.9 Å². The lowest BCUT2D eigenvalue weighted by Gasteiger charge is -2.41. The number of hydrogen-bond donors (Lipinski definition) is 3. The quantitative estimate of drug-likeness (QED) is 0.191. The maximum atomic E-state index is 13.5. The smallest absolute Gasteiger partial charge is 0.275 e. The number of carbonyl (C=O) groups excluding carboxylic acids is 1. The summed E-state index contributed by atoms with van der Waals surface area (Å²) in [6.45, 7) is 8.03. The lowest BCUT2D eigenvalue weighted by Crippen LogP contribution is -2.66. The number of amides is 1. The van der Waals surface area contributed by atoms with Crippen LogP contribution in [0.5, 0.6) is 5.75 Å². The summed E-state index contributed by atoms with van der Waals surface area (Å²) in [7, 11) is -4.08. The molecule has 178 valence electrons. The van der Waals surface area contributed by atoms with Crippen LogP contribution in [0, 0.1) is 11.8 Å². The predicted octanol–water partition coefficient (Wildman–Crippen LogP) is 0.867. The normalized spacial score (nSPS) is 17.0. The Morgan fingerprint density at radius 2 is 1.94 bits per heavy atom. The summed E-state index contributed by atoms with van der Waals surface area (Å²) < 4.78 is 36.0. The molecule has 9 nitrogen and oxygen atoms in total. The van der Waals surface area contributed by atoms with E-state index >= 15 is 0 Å². The van der Waals surface area contributed by atoms with Crippen LogP contribution in [0.4, 0.5) is 0 Å². The van der Waals surface area contributed by atoms with Gasteiger partial charge in [-0.05, 0) is 45.0 Å². The number of benzene rings is 1. The molecule has 0 saturated carbocycles. The number of nitrogens with zero attached hydrogens (tertiary/aromatic N) is 1. The van der Waals surface area contributed by atoms with Crippen LogP contribution in [0.2, 0.25) is 0 Å². The van der Waals surface area contributed by atoms with Crippen molar-refractivity contribution in [3.63, 3.8) is 0 Å². The second-order valence-corrected chi connectivity index (χ2v) is 11.5. The molecule has 0 bridgehead atoms. The second-order valence-electron chi connectivity index (χ2n) is 7.68. The minimum atomic E-state index is -4.08. The third kappa shape index (κ3) is 5.75. The van der Waals surface area contributed by atoms with Gasteiger partial charge in [0.15, 0.2) is 14.7 Å². The molecule has 11 heteroatoms. The summed E-state index contributed by atoms with van der Waals surface area (Å²) in [6, 6.07) is 5.86. The minimum absolute atomic E-state index is 0.00855. The van der Waals surface area contributed by atoms with Gasteiger partial charge in [0.05, 0.1) is 18.1 Å². The molecule has 1 saturated heterocycles. The highest BCUT2D eigenvalue weighted by Crippen LogP contribution is 2.41. The van der Waals surface area contributed by atoms with Crippen LogP contribution in [-0.2, 0) is 19.4 Å². The average Bonchev–Trinajstić information content (AvgIpc) is 2.79. The Balaban J connectivity index is 2.24. The van der Waals surface area contributed by atoms with Crippen molar-refractivity contribution in [1.29, 1.82) is 0 Å². The third-order valence-corrected chi connectivity index (χ3v) is 9.69. The van der Waals surface area contributed by atoms with Crippen molar-refractivity contribution in [2.75, 3.05) is 45.2 Å². The molecule has 4 N–H and O–H groups in total. The molecule has 1 heterocycles. The summed E-state index contributed by atoms with van der Waals surface area (Å²) >= 11 is 1.000. The van der Waals surface area contributed by atoms with Gasteiger partial charge >= 0.3 is 0 Å². The van der Waals surface area contributed by atoms with E-state index < -0.39 is 25.4 Å². The topological polar surface area (TPSA) is 131 Å². The standard InChI is InChI=1S/C21H31N3O6S2/c1-4-5-13-30-17-6-8-18(9-7-17)32(27,28)20(2,3)21(22,19(25)23-26)31-16-12-24-10-14-29-15-11-24/h6-9,26H,10-16,22H2,1-3H3,(H,23,25). The number of ether oxygens (including phenoxy) is 2. The van der Waals surface area contributed by atoms with E-state index in [1.54, 1.807) is 12.4 Å². The number of morpholine rings is 1. The molecule has 1 aromatic carbocycles. The molecule has 0 aromatic heterocycles. The molecular formula is C21H31N3O6S2. The molecule has 2 rings (SSSR count). The minimum Gasteiger partial charge on any atom is -0.481 e. The van der Waals surface area contributed by atoms with E-state index in [1.807, 2.05) is 0 Å². The largest absolute Gasteiger partial charge is 0.481 e. The first-order valence-corrected chi connectivity index (χ1v) is 12.6. The summed E-state index contributed by atoms with van der Waals surface area (Å²) in [6.07, 6.45) is 0. The first-order valence-electron chi connectivity index (χ1n) is 10.1. The second kappa shape index (κ2) is 11.4. The van der Waals surface area contributed by atoms with Gasteiger partial charge in [-0.2, -0.15) is 0 Å². The molecule has 1 atom stereocenters. The van der Waals surface area contributed by atoms with Gasteiger partial charge in [-0.15, -0.1) is 17.7 Å². The molecule has 32 heavy (non-hydrogen) atoms. The first-order chi connectivity index (χ1) is 15.1. The zero-order chi connectivity index (χ0) is 23.8. The van der Waals surface area contributed by atoms with Gasteiger partial charge < -0.3 is 15.2 Å². The molecule has 1 aliphatic heterocycles. The SMILES string of the molecule is CC#CCOc1ccc(S(=O)(=O)C(C)(C)C(N)(SCCN2CCOCC2)C(=O)NO)cc1. The van der Waals surface area contributed by atoms with E-state index in [9.17, 15) is 18.4 Å². The van der Waals surface area contributed by atoms with Crippen LogP contribution >= 0.6 is 11.8 Å². The van der Waals surface area contributed by atoms with Crippen molar-refractivity contribution in [2.45, 2.75) is 35.3 Å². The Hall–Kier alpha value is -1.81. The van der Waals surface area contributed by atoms with Crippen molar-refractivity contribution < 1.29 is 27.9 Å². The van der Waals surface area contributed by atoms with Crippen molar-refractivity contribution >= 4 is 27.5 Å². The number of nitrogens with one attached hydrogen (secondary N) is 1. The number of sulfone groups is 1. The van der Waals surface area contributed by atoms with E-state index in [-0.39, 0.29) is 11.5 Å². The van der Waals surface area contributed by atoms with E-state index in [4.69, 9.17) is 15.2 Å². The Morgan fingerprint density at radius 3 is 2.50 bits per heavy atom. The highest BCUT2D eigenvalue weighted by atomic mass is 32.2. The molecule has 1 unspecified atom stereocenters. The summed E-state index contributed by atoms with van der Waals surface area (Å²) in [5, 5.41) is 9.32. The average molecular weight is 486 g/mol. The molecule has 0 radical (unpaired) electrons. The van der Waals surface area contributed by atoms with Crippen LogP contribution in [-0.4, -0.2) is 79.3 Å². The molecule has 1 fully saturated rings. The Morgan fingerprint density at radius 1 is 1.31 bits per heavy atom. The first kappa shape index (κ1) is 26.4. The monoisotopic (exact) mass is 485 g/mol. The van der Waals surface area contributed by atoms with Gasteiger partial charge in [-0.1, -0.05) is 5.92 Å². The molecular weight excluding hydrogens is 454 g/mol. The van der Waals surface area contributed by atoms with Crippen LogP contribution in [0.3, 0.4) is 0 Å². The fraction of sp³-hybridized carbons (Fsp3) is 0.571. The van der Waals surface area contributed by atoms with Crippen LogP contribution < -0.4 is 16.0 Å². The van der Waals surface area contributed by atoms with Crippen LogP contribution in [0.1, 0.15) is 20.8 Å². The highest BCUT2D eigenvalue weighted by molar-refractivity contribution is 8.03. The van der Waals surface area contributed by atoms with Gasteiger partial charge in [0.1, 0.15) is 17.1 Å². The lowest BCUT2D eigenvalue weighted by atomic mass is 10.0. The summed E-state index contributed by atoms with van der Waals surface area (Å²) in [4.78, 5) is 12.8. The number of carbonyl (C=O) groups is 1. The number of rotatable bonds is 10. The summed E-state index contributed by atoms with van der Waals surface area (Å²) in [5.74, 6) is 5.36. The van der Waals surface area contributed by atoms with E-state index in [0.29, 0.717) is 31.3 Å². The van der Waals surface area contributed by atoms with Gasteiger partial charge in [0.2, 0.25) is 0 Å².